The van der Waals surface area contributed by atoms with Crippen molar-refractivity contribution < 1.29 is 0 Å². The quantitative estimate of drug-likeness (QED) is 0.839. The second-order valence-electron chi connectivity index (χ2n) is 5.57. The molecule has 0 aromatic carbocycles. The van der Waals surface area contributed by atoms with Crippen molar-refractivity contribution in [1.29, 1.82) is 0 Å². The molecule has 0 radical (unpaired) electrons. The Labute approximate surface area is 108 Å². The number of hydrogen-bond donors (Lipinski definition) is 1. The van der Waals surface area contributed by atoms with Crippen molar-refractivity contribution in [2.24, 2.45) is 17.8 Å². The van der Waals surface area contributed by atoms with Crippen LogP contribution in [0.2, 0.25) is 0 Å². The number of thiazole rings is 1. The number of rotatable bonds is 6. The maximum absolute atomic E-state index is 4.20. The Bertz CT molecular complexity index is 339. The van der Waals surface area contributed by atoms with Gasteiger partial charge in [-0.1, -0.05) is 13.3 Å². The first-order valence-corrected chi connectivity index (χ1v) is 7.89. The summed E-state index contributed by atoms with van der Waals surface area (Å²) in [6, 6.07) is 0.714. The molecule has 0 aliphatic heterocycles. The molecule has 1 N–H and O–H groups in total. The third kappa shape index (κ3) is 2.41. The number of fused-ring (bicyclic) bond motifs is 1. The zero-order valence-electron chi connectivity index (χ0n) is 10.6. The average Bonchev–Trinajstić information content (AvgIpc) is 2.81. The van der Waals surface area contributed by atoms with Gasteiger partial charge in [-0.3, -0.25) is 4.98 Å². The summed E-state index contributed by atoms with van der Waals surface area (Å²) in [5.41, 5.74) is 1.96. The molecule has 2 nitrogen and oxygen atoms in total. The summed E-state index contributed by atoms with van der Waals surface area (Å²) in [6.45, 7) is 3.42. The third-order valence-electron chi connectivity index (χ3n) is 4.50. The maximum Gasteiger partial charge on any atom is 0.0794 e. The van der Waals surface area contributed by atoms with Crippen LogP contribution >= 0.6 is 11.3 Å². The van der Waals surface area contributed by atoms with Gasteiger partial charge < -0.3 is 5.32 Å². The predicted molar refractivity (Wildman–Crippen MR) is 72.2 cm³/mol. The molecule has 2 fully saturated rings. The van der Waals surface area contributed by atoms with E-state index in [-0.39, 0.29) is 0 Å². The molecule has 3 atom stereocenters. The van der Waals surface area contributed by atoms with Crippen LogP contribution in [0.15, 0.2) is 11.7 Å². The fourth-order valence-electron chi connectivity index (χ4n) is 3.71. The zero-order chi connectivity index (χ0) is 11.7. The van der Waals surface area contributed by atoms with E-state index in [1.807, 2.05) is 11.7 Å². The molecule has 94 valence electrons. The Morgan fingerprint density at radius 1 is 1.47 bits per heavy atom. The standard InChI is InChI=1S/C14H22N2S/c1-2-6-16-13(7-10-8-15-9-17-10)14-11-4-3-5-12(11)14/h8-9,11-14,16H,2-7H2,1H3. The number of aromatic nitrogens is 1. The average molecular weight is 250 g/mol. The minimum Gasteiger partial charge on any atom is -0.313 e. The lowest BCUT2D eigenvalue weighted by Gasteiger charge is -2.19. The van der Waals surface area contributed by atoms with Crippen molar-refractivity contribution in [2.45, 2.75) is 45.1 Å². The zero-order valence-corrected chi connectivity index (χ0v) is 11.4. The molecule has 2 saturated carbocycles. The summed E-state index contributed by atoms with van der Waals surface area (Å²) in [5.74, 6) is 3.08. The van der Waals surface area contributed by atoms with E-state index >= 15 is 0 Å². The third-order valence-corrected chi connectivity index (χ3v) is 5.30. The fourth-order valence-corrected chi connectivity index (χ4v) is 4.36. The fraction of sp³-hybridized carbons (Fsp3) is 0.786. The van der Waals surface area contributed by atoms with Crippen LogP contribution in [0.25, 0.3) is 0 Å². The SMILES string of the molecule is CCCNC(Cc1cncs1)C1C2CCCC21. The number of hydrogen-bond acceptors (Lipinski definition) is 3. The Balaban J connectivity index is 1.61. The van der Waals surface area contributed by atoms with Crippen LogP contribution in [0.1, 0.15) is 37.5 Å². The second kappa shape index (κ2) is 5.07. The van der Waals surface area contributed by atoms with E-state index in [2.05, 4.69) is 17.2 Å². The van der Waals surface area contributed by atoms with E-state index in [1.54, 1.807) is 11.3 Å². The summed E-state index contributed by atoms with van der Waals surface area (Å²) in [7, 11) is 0. The molecule has 3 rings (SSSR count). The smallest absolute Gasteiger partial charge is 0.0794 e. The van der Waals surface area contributed by atoms with Crippen LogP contribution in [0, 0.1) is 17.8 Å². The van der Waals surface area contributed by atoms with E-state index in [9.17, 15) is 0 Å². The first kappa shape index (κ1) is 11.7. The first-order valence-electron chi connectivity index (χ1n) is 7.01. The van der Waals surface area contributed by atoms with Gasteiger partial charge in [-0.2, -0.15) is 0 Å². The second-order valence-corrected chi connectivity index (χ2v) is 6.54. The molecule has 1 aromatic rings. The Morgan fingerprint density at radius 2 is 2.29 bits per heavy atom. The Morgan fingerprint density at radius 3 is 2.94 bits per heavy atom. The molecule has 2 aliphatic carbocycles. The molecule has 3 heteroatoms. The van der Waals surface area contributed by atoms with Crippen LogP contribution in [0.3, 0.4) is 0 Å². The van der Waals surface area contributed by atoms with Crippen molar-refractivity contribution in [3.05, 3.63) is 16.6 Å². The predicted octanol–water partition coefficient (Wildman–Crippen LogP) is 3.10. The highest BCUT2D eigenvalue weighted by atomic mass is 32.1. The van der Waals surface area contributed by atoms with E-state index in [0.717, 1.165) is 17.8 Å². The minimum atomic E-state index is 0.714. The normalized spacial score (nSPS) is 32.4. The highest BCUT2D eigenvalue weighted by Gasteiger charge is 2.55. The first-order chi connectivity index (χ1) is 8.40. The summed E-state index contributed by atoms with van der Waals surface area (Å²) in [5, 5.41) is 3.78. The summed E-state index contributed by atoms with van der Waals surface area (Å²) in [6.07, 6.45) is 8.94. The van der Waals surface area contributed by atoms with Crippen molar-refractivity contribution >= 4 is 11.3 Å². The lowest BCUT2D eigenvalue weighted by Crippen LogP contribution is -2.35. The Hall–Kier alpha value is -0.410. The van der Waals surface area contributed by atoms with Gasteiger partial charge in [0, 0.05) is 17.1 Å². The minimum absolute atomic E-state index is 0.714. The van der Waals surface area contributed by atoms with Gasteiger partial charge in [0.1, 0.15) is 0 Å². The molecule has 0 bridgehead atoms. The molecule has 1 aromatic heterocycles. The van der Waals surface area contributed by atoms with E-state index in [0.29, 0.717) is 6.04 Å². The molecule has 0 spiro atoms. The van der Waals surface area contributed by atoms with Crippen molar-refractivity contribution in [3.63, 3.8) is 0 Å². The van der Waals surface area contributed by atoms with Crippen LogP contribution in [-0.2, 0) is 6.42 Å². The van der Waals surface area contributed by atoms with Crippen LogP contribution in [-0.4, -0.2) is 17.6 Å². The molecular weight excluding hydrogens is 228 g/mol. The van der Waals surface area contributed by atoms with Gasteiger partial charge in [0.15, 0.2) is 0 Å². The number of nitrogens with zero attached hydrogens (tertiary/aromatic N) is 1. The van der Waals surface area contributed by atoms with E-state index < -0.39 is 0 Å². The van der Waals surface area contributed by atoms with Gasteiger partial charge in [-0.25, -0.2) is 0 Å². The van der Waals surface area contributed by atoms with Crippen LogP contribution < -0.4 is 5.32 Å². The van der Waals surface area contributed by atoms with Crippen molar-refractivity contribution in [3.8, 4) is 0 Å². The monoisotopic (exact) mass is 250 g/mol. The molecule has 17 heavy (non-hydrogen) atoms. The lowest BCUT2D eigenvalue weighted by molar-refractivity contribution is 0.405. The van der Waals surface area contributed by atoms with Gasteiger partial charge in [-0.15, -0.1) is 11.3 Å². The van der Waals surface area contributed by atoms with Crippen molar-refractivity contribution in [2.75, 3.05) is 6.54 Å². The van der Waals surface area contributed by atoms with E-state index in [1.165, 1.54) is 43.5 Å². The van der Waals surface area contributed by atoms with Crippen molar-refractivity contribution in [1.82, 2.24) is 10.3 Å². The van der Waals surface area contributed by atoms with Gasteiger partial charge in [0.05, 0.1) is 5.51 Å². The van der Waals surface area contributed by atoms with Gasteiger partial charge >= 0.3 is 0 Å². The number of nitrogens with one attached hydrogen (secondary N) is 1. The molecular formula is C14H22N2S. The largest absolute Gasteiger partial charge is 0.313 e. The van der Waals surface area contributed by atoms with Gasteiger partial charge in [0.2, 0.25) is 0 Å². The molecule has 3 unspecified atom stereocenters. The Kier molecular flexibility index (Phi) is 3.48. The summed E-state index contributed by atoms with van der Waals surface area (Å²) in [4.78, 5) is 5.65. The van der Waals surface area contributed by atoms with Gasteiger partial charge in [0.25, 0.3) is 0 Å². The molecule has 1 heterocycles. The molecule has 2 aliphatic rings. The van der Waals surface area contributed by atoms with Crippen LogP contribution in [0.4, 0.5) is 0 Å². The molecule has 0 saturated heterocycles. The maximum atomic E-state index is 4.20. The highest BCUT2D eigenvalue weighted by Crippen LogP contribution is 2.59. The topological polar surface area (TPSA) is 24.9 Å². The van der Waals surface area contributed by atoms with Gasteiger partial charge in [-0.05, 0) is 50.0 Å². The van der Waals surface area contributed by atoms with Crippen LogP contribution in [0.5, 0.6) is 0 Å². The summed E-state index contributed by atoms with van der Waals surface area (Å²) < 4.78 is 0. The summed E-state index contributed by atoms with van der Waals surface area (Å²) >= 11 is 1.81. The highest BCUT2D eigenvalue weighted by molar-refractivity contribution is 7.09. The lowest BCUT2D eigenvalue weighted by atomic mass is 10.0. The van der Waals surface area contributed by atoms with E-state index in [4.69, 9.17) is 0 Å². The molecule has 0 amide bonds.